The van der Waals surface area contributed by atoms with E-state index in [1.807, 2.05) is 24.3 Å². The van der Waals surface area contributed by atoms with Gasteiger partial charge in [-0.3, -0.25) is 10.1 Å². The van der Waals surface area contributed by atoms with Crippen LogP contribution in [-0.4, -0.2) is 22.0 Å². The number of nitrogens with zero attached hydrogens (tertiary/aromatic N) is 2. The normalized spacial score (nSPS) is 11.1. The highest BCUT2D eigenvalue weighted by molar-refractivity contribution is 5.88. The predicted molar refractivity (Wildman–Crippen MR) is 167 cm³/mol. The van der Waals surface area contributed by atoms with Gasteiger partial charge < -0.3 is 14.7 Å². The van der Waals surface area contributed by atoms with E-state index in [0.717, 1.165) is 42.1 Å². The maximum atomic E-state index is 11.4. The molecule has 0 atom stereocenters. The van der Waals surface area contributed by atoms with Crippen LogP contribution in [0.4, 0.5) is 11.4 Å². The van der Waals surface area contributed by atoms with E-state index in [4.69, 9.17) is 9.84 Å². The highest BCUT2D eigenvalue weighted by Gasteiger charge is 2.19. The van der Waals surface area contributed by atoms with E-state index in [9.17, 15) is 14.9 Å². The molecule has 0 radical (unpaired) electrons. The van der Waals surface area contributed by atoms with Gasteiger partial charge in [0.2, 0.25) is 0 Å². The van der Waals surface area contributed by atoms with Crippen molar-refractivity contribution in [3.8, 4) is 16.9 Å². The Balaban J connectivity index is 1.46. The van der Waals surface area contributed by atoms with E-state index in [1.165, 1.54) is 28.9 Å². The molecule has 0 unspecified atom stereocenters. The first-order valence-corrected chi connectivity index (χ1v) is 14.4. The van der Waals surface area contributed by atoms with Crippen molar-refractivity contribution in [1.82, 2.24) is 0 Å². The number of ether oxygens (including phenoxy) is 1. The second-order valence-corrected chi connectivity index (χ2v) is 10.8. The van der Waals surface area contributed by atoms with Crippen molar-refractivity contribution < 1.29 is 19.6 Å². The number of carboxylic acids is 1. The summed E-state index contributed by atoms with van der Waals surface area (Å²) in [5.41, 5.74) is 6.30. The second-order valence-electron chi connectivity index (χ2n) is 10.8. The van der Waals surface area contributed by atoms with Gasteiger partial charge in [0.05, 0.1) is 10.5 Å². The number of nitro benzene ring substituents is 1. The molecular weight excluding hydrogens is 528 g/mol. The Bertz CT molecular complexity index is 1510. The molecule has 0 aliphatic heterocycles. The first-order valence-electron chi connectivity index (χ1n) is 14.4. The molecule has 218 valence electrons. The van der Waals surface area contributed by atoms with Gasteiger partial charge in [-0.05, 0) is 90.8 Å². The lowest BCUT2D eigenvalue weighted by atomic mass is 9.94. The number of carboxylic acid groups (broad SMARTS) is 1. The fourth-order valence-corrected chi connectivity index (χ4v) is 5.19. The first kappa shape index (κ1) is 30.3. The molecule has 1 N–H and O–H groups in total. The fraction of sp³-hybridized carbons (Fsp3) is 0.286. The maximum absolute atomic E-state index is 11.4. The molecule has 0 spiro atoms. The average Bonchev–Trinajstić information content (AvgIpc) is 3.00. The van der Waals surface area contributed by atoms with Crippen LogP contribution in [-0.2, 0) is 13.2 Å². The van der Waals surface area contributed by atoms with Crippen LogP contribution in [0.3, 0.4) is 0 Å². The molecule has 0 aliphatic carbocycles. The molecule has 42 heavy (non-hydrogen) atoms. The number of hydrogen-bond donors (Lipinski definition) is 1. The molecule has 0 bridgehead atoms. The molecule has 7 heteroatoms. The Morgan fingerprint density at radius 2 is 1.57 bits per heavy atom. The van der Waals surface area contributed by atoms with Gasteiger partial charge in [0.25, 0.3) is 0 Å². The van der Waals surface area contributed by atoms with Crippen molar-refractivity contribution in [2.75, 3.05) is 4.90 Å². The highest BCUT2D eigenvalue weighted by atomic mass is 16.6. The topological polar surface area (TPSA) is 92.9 Å². The van der Waals surface area contributed by atoms with Crippen LogP contribution in [0.5, 0.6) is 5.75 Å². The van der Waals surface area contributed by atoms with E-state index < -0.39 is 10.9 Å². The number of nitro groups is 1. The van der Waals surface area contributed by atoms with Crippen molar-refractivity contribution in [3.63, 3.8) is 0 Å². The zero-order chi connectivity index (χ0) is 30.2. The van der Waals surface area contributed by atoms with Gasteiger partial charge in [0, 0.05) is 24.3 Å². The summed E-state index contributed by atoms with van der Waals surface area (Å²) in [6.45, 7) is 9.83. The molecule has 4 aromatic rings. The monoisotopic (exact) mass is 566 g/mol. The van der Waals surface area contributed by atoms with Crippen LogP contribution in [0.25, 0.3) is 11.1 Å². The third-order valence-corrected chi connectivity index (χ3v) is 7.67. The van der Waals surface area contributed by atoms with E-state index in [1.54, 1.807) is 0 Å². The summed E-state index contributed by atoms with van der Waals surface area (Å²) in [4.78, 5) is 24.4. The SMILES string of the molecule is CCC(CC)c1ccc(N(Cc2cccc(-c3ccc(COc4ccc(C(=O)O)cc4[N+](=O)[O-])cc3)c2)C(C)C)cc1. The molecule has 0 saturated heterocycles. The Morgan fingerprint density at radius 3 is 2.17 bits per heavy atom. The Labute approximate surface area is 247 Å². The van der Waals surface area contributed by atoms with E-state index in [0.29, 0.717) is 12.0 Å². The molecule has 0 amide bonds. The van der Waals surface area contributed by atoms with Crippen molar-refractivity contribution in [2.24, 2.45) is 0 Å². The van der Waals surface area contributed by atoms with Gasteiger partial charge in [-0.1, -0.05) is 68.4 Å². The number of benzene rings is 4. The van der Waals surface area contributed by atoms with Crippen molar-refractivity contribution >= 4 is 17.3 Å². The minimum absolute atomic E-state index is 0.0293. The molecule has 7 nitrogen and oxygen atoms in total. The molecule has 0 aliphatic rings. The summed E-state index contributed by atoms with van der Waals surface area (Å²) in [6.07, 6.45) is 2.30. The number of carbonyl (C=O) groups is 1. The molecule has 0 fully saturated rings. The van der Waals surface area contributed by atoms with Gasteiger partial charge in [-0.2, -0.15) is 0 Å². The van der Waals surface area contributed by atoms with Crippen molar-refractivity contribution in [3.05, 3.63) is 123 Å². The third kappa shape index (κ3) is 7.35. The van der Waals surface area contributed by atoms with Gasteiger partial charge in [0.1, 0.15) is 6.61 Å². The maximum Gasteiger partial charge on any atom is 0.335 e. The number of aromatic carboxylic acids is 1. The Kier molecular flexibility index (Phi) is 9.97. The van der Waals surface area contributed by atoms with Gasteiger partial charge in [-0.25, -0.2) is 4.79 Å². The van der Waals surface area contributed by atoms with Crippen LogP contribution >= 0.6 is 0 Å². The zero-order valence-corrected chi connectivity index (χ0v) is 24.6. The summed E-state index contributed by atoms with van der Waals surface area (Å²) in [6, 6.07) is 29.4. The highest BCUT2D eigenvalue weighted by Crippen LogP contribution is 2.30. The van der Waals surface area contributed by atoms with E-state index in [2.05, 4.69) is 81.1 Å². The Morgan fingerprint density at radius 1 is 0.881 bits per heavy atom. The lowest BCUT2D eigenvalue weighted by molar-refractivity contribution is -0.386. The molecule has 0 heterocycles. The quantitative estimate of drug-likeness (QED) is 0.128. The Hall–Kier alpha value is -4.65. The van der Waals surface area contributed by atoms with Crippen LogP contribution in [0.2, 0.25) is 0 Å². The smallest absolute Gasteiger partial charge is 0.335 e. The number of anilines is 1. The minimum Gasteiger partial charge on any atom is -0.482 e. The average molecular weight is 567 g/mol. The zero-order valence-electron chi connectivity index (χ0n) is 24.6. The minimum atomic E-state index is -1.23. The molecular formula is C35H38N2O5. The van der Waals surface area contributed by atoms with E-state index >= 15 is 0 Å². The molecule has 0 aromatic heterocycles. The van der Waals surface area contributed by atoms with Gasteiger partial charge in [-0.15, -0.1) is 0 Å². The van der Waals surface area contributed by atoms with E-state index in [-0.39, 0.29) is 23.6 Å². The summed E-state index contributed by atoms with van der Waals surface area (Å²) in [5, 5.41) is 20.5. The molecule has 4 rings (SSSR count). The van der Waals surface area contributed by atoms with Crippen molar-refractivity contribution in [1.29, 1.82) is 0 Å². The van der Waals surface area contributed by atoms with Gasteiger partial charge in [0.15, 0.2) is 5.75 Å². The fourth-order valence-electron chi connectivity index (χ4n) is 5.19. The standard InChI is InChI=1S/C35H38N2O5/c1-5-27(6-2)28-14-17-32(18-15-28)36(24(3)4)22-26-8-7-9-30(20-26)29-12-10-25(11-13-29)23-42-34-19-16-31(35(38)39)21-33(34)37(40)41/h7-21,24,27H,5-6,22-23H2,1-4H3,(H,38,39). The van der Waals surface area contributed by atoms with Crippen LogP contribution < -0.4 is 9.64 Å². The lowest BCUT2D eigenvalue weighted by Gasteiger charge is -2.30. The predicted octanol–water partition coefficient (Wildman–Crippen LogP) is 8.86. The van der Waals surface area contributed by atoms with Crippen LogP contribution in [0.1, 0.15) is 73.5 Å². The number of hydrogen-bond acceptors (Lipinski definition) is 5. The summed E-state index contributed by atoms with van der Waals surface area (Å²) in [7, 11) is 0. The second kappa shape index (κ2) is 13.8. The van der Waals surface area contributed by atoms with Crippen LogP contribution in [0.15, 0.2) is 91.0 Å². The summed E-state index contributed by atoms with van der Waals surface area (Å²) in [5.74, 6) is -0.598. The summed E-state index contributed by atoms with van der Waals surface area (Å²) < 4.78 is 5.69. The summed E-state index contributed by atoms with van der Waals surface area (Å²) >= 11 is 0. The number of rotatable bonds is 13. The van der Waals surface area contributed by atoms with Crippen LogP contribution in [0, 0.1) is 10.1 Å². The lowest BCUT2D eigenvalue weighted by Crippen LogP contribution is -2.30. The largest absolute Gasteiger partial charge is 0.482 e. The van der Waals surface area contributed by atoms with Gasteiger partial charge >= 0.3 is 11.7 Å². The van der Waals surface area contributed by atoms with Crippen molar-refractivity contribution in [2.45, 2.75) is 65.6 Å². The molecule has 4 aromatic carbocycles. The molecule has 0 saturated carbocycles. The first-order chi connectivity index (χ1) is 20.2. The third-order valence-electron chi connectivity index (χ3n) is 7.67.